The van der Waals surface area contributed by atoms with Crippen LogP contribution in [0.4, 0.5) is 13.2 Å². The molecule has 20 heavy (non-hydrogen) atoms. The zero-order valence-electron chi connectivity index (χ0n) is 11.1. The molecule has 1 rings (SSSR count). The second kappa shape index (κ2) is 6.05. The first-order valence-corrected chi connectivity index (χ1v) is 7.49. The highest BCUT2D eigenvalue weighted by atomic mass is 79.9. The van der Waals surface area contributed by atoms with Gasteiger partial charge < -0.3 is 5.32 Å². The van der Waals surface area contributed by atoms with Gasteiger partial charge in [-0.3, -0.25) is 4.79 Å². The van der Waals surface area contributed by atoms with E-state index in [2.05, 4.69) is 37.2 Å². The summed E-state index contributed by atoms with van der Waals surface area (Å²) in [6.07, 6.45) is -4.51. The lowest BCUT2D eigenvalue weighted by Gasteiger charge is -2.29. The molecule has 1 atom stereocenters. The number of carbonyl (C=O) groups is 1. The molecule has 1 aromatic rings. The van der Waals surface area contributed by atoms with Crippen molar-refractivity contribution in [2.24, 2.45) is 0 Å². The second-order valence-corrected chi connectivity index (χ2v) is 7.21. The normalized spacial score (nSPS) is 14.0. The van der Waals surface area contributed by atoms with E-state index in [4.69, 9.17) is 0 Å². The molecule has 112 valence electrons. The Balaban J connectivity index is 3.07. The highest BCUT2D eigenvalue weighted by Crippen LogP contribution is 2.35. The van der Waals surface area contributed by atoms with Gasteiger partial charge >= 0.3 is 6.18 Å². The van der Waals surface area contributed by atoms with Gasteiger partial charge in [-0.15, -0.1) is 0 Å². The number of alkyl halides is 4. The van der Waals surface area contributed by atoms with Crippen LogP contribution in [-0.4, -0.2) is 16.3 Å². The largest absolute Gasteiger partial charge is 0.417 e. The number of hydrogen-bond donors (Lipinski definition) is 1. The summed E-state index contributed by atoms with van der Waals surface area (Å²) in [6.45, 7) is 5.42. The van der Waals surface area contributed by atoms with Crippen LogP contribution >= 0.6 is 31.9 Å². The molecular formula is C13H14Br2F3NO. The van der Waals surface area contributed by atoms with Gasteiger partial charge in [-0.25, -0.2) is 0 Å². The van der Waals surface area contributed by atoms with Gasteiger partial charge in [0.05, 0.1) is 5.56 Å². The van der Waals surface area contributed by atoms with Crippen molar-refractivity contribution in [2.45, 2.75) is 37.3 Å². The molecule has 1 amide bonds. The molecule has 0 radical (unpaired) electrons. The summed E-state index contributed by atoms with van der Waals surface area (Å²) in [5, 5.41) is 2.70. The van der Waals surface area contributed by atoms with E-state index >= 15 is 0 Å². The minimum Gasteiger partial charge on any atom is -0.346 e. The molecular weight excluding hydrogens is 403 g/mol. The fourth-order valence-electron chi connectivity index (χ4n) is 1.35. The van der Waals surface area contributed by atoms with E-state index in [1.165, 1.54) is 12.1 Å². The average molecular weight is 417 g/mol. The summed E-state index contributed by atoms with van der Waals surface area (Å²) in [5.41, 5.74) is -1.47. The number of halogens is 5. The summed E-state index contributed by atoms with van der Waals surface area (Å²) in [6, 6.07) is 3.42. The van der Waals surface area contributed by atoms with Crippen LogP contribution in [0.2, 0.25) is 0 Å². The van der Waals surface area contributed by atoms with Crippen LogP contribution < -0.4 is 5.32 Å². The first-order chi connectivity index (χ1) is 8.95. The predicted octanol–water partition coefficient (Wildman–Crippen LogP) is 4.76. The van der Waals surface area contributed by atoms with Crippen molar-refractivity contribution in [1.29, 1.82) is 0 Å². The number of hydrogen-bond acceptors (Lipinski definition) is 1. The maximum atomic E-state index is 12.8. The van der Waals surface area contributed by atoms with E-state index in [9.17, 15) is 18.0 Å². The van der Waals surface area contributed by atoms with Crippen LogP contribution in [0.5, 0.6) is 0 Å². The Kier molecular flexibility index (Phi) is 5.29. The van der Waals surface area contributed by atoms with Crippen LogP contribution in [0.3, 0.4) is 0 Å². The van der Waals surface area contributed by atoms with Crippen molar-refractivity contribution in [3.8, 4) is 0 Å². The molecule has 0 spiro atoms. The lowest BCUT2D eigenvalue weighted by Crippen LogP contribution is -2.48. The molecule has 1 unspecified atom stereocenters. The molecule has 0 bridgehead atoms. The third kappa shape index (κ3) is 4.22. The van der Waals surface area contributed by atoms with Crippen molar-refractivity contribution >= 4 is 37.8 Å². The molecule has 1 aromatic carbocycles. The standard InChI is InChI=1S/C13H14Br2F3NO/c1-7(14)12(2,3)19-11(20)8-4-5-10(15)9(6-8)13(16,17)18/h4-7H,1-3H3,(H,19,20). The van der Waals surface area contributed by atoms with Crippen molar-refractivity contribution in [1.82, 2.24) is 5.32 Å². The van der Waals surface area contributed by atoms with Crippen molar-refractivity contribution in [3.05, 3.63) is 33.8 Å². The summed E-state index contributed by atoms with van der Waals surface area (Å²) >= 11 is 6.19. The molecule has 0 saturated heterocycles. The molecule has 0 fully saturated rings. The zero-order chi connectivity index (χ0) is 15.7. The molecule has 0 aliphatic carbocycles. The maximum absolute atomic E-state index is 12.8. The third-order valence-electron chi connectivity index (χ3n) is 2.96. The van der Waals surface area contributed by atoms with Crippen LogP contribution in [0, 0.1) is 0 Å². The van der Waals surface area contributed by atoms with Gasteiger partial charge in [0.15, 0.2) is 0 Å². The second-order valence-electron chi connectivity index (χ2n) is 4.98. The Morgan fingerprint density at radius 1 is 1.30 bits per heavy atom. The van der Waals surface area contributed by atoms with E-state index in [1.54, 1.807) is 13.8 Å². The molecule has 0 aromatic heterocycles. The summed E-state index contributed by atoms with van der Waals surface area (Å²) in [7, 11) is 0. The number of nitrogens with one attached hydrogen (secondary N) is 1. The van der Waals surface area contributed by atoms with E-state index in [0.29, 0.717) is 0 Å². The van der Waals surface area contributed by atoms with Gasteiger partial charge in [-0.05, 0) is 32.0 Å². The highest BCUT2D eigenvalue weighted by Gasteiger charge is 2.34. The van der Waals surface area contributed by atoms with Gasteiger partial charge in [-0.1, -0.05) is 38.8 Å². The first-order valence-electron chi connectivity index (χ1n) is 5.78. The Bertz CT molecular complexity index is 513. The van der Waals surface area contributed by atoms with Crippen LogP contribution in [0.1, 0.15) is 36.7 Å². The third-order valence-corrected chi connectivity index (χ3v) is 4.80. The monoisotopic (exact) mass is 415 g/mol. The quantitative estimate of drug-likeness (QED) is 0.707. The molecule has 0 aliphatic rings. The molecule has 1 N–H and O–H groups in total. The Hall–Kier alpha value is -0.560. The van der Waals surface area contributed by atoms with Crippen molar-refractivity contribution in [3.63, 3.8) is 0 Å². The Morgan fingerprint density at radius 2 is 1.85 bits per heavy atom. The topological polar surface area (TPSA) is 29.1 Å². The smallest absolute Gasteiger partial charge is 0.346 e. The van der Waals surface area contributed by atoms with Crippen LogP contribution in [0.15, 0.2) is 22.7 Å². The number of rotatable bonds is 3. The van der Waals surface area contributed by atoms with E-state index in [0.717, 1.165) is 6.07 Å². The van der Waals surface area contributed by atoms with Crippen molar-refractivity contribution < 1.29 is 18.0 Å². The minimum absolute atomic E-state index is 0.0262. The van der Waals surface area contributed by atoms with Gasteiger partial charge in [0.2, 0.25) is 0 Å². The average Bonchev–Trinajstić information content (AvgIpc) is 2.26. The molecule has 2 nitrogen and oxygen atoms in total. The summed E-state index contributed by atoms with van der Waals surface area (Å²) < 4.78 is 38.3. The van der Waals surface area contributed by atoms with Crippen LogP contribution in [0.25, 0.3) is 0 Å². The number of benzene rings is 1. The van der Waals surface area contributed by atoms with Gasteiger partial charge in [0.25, 0.3) is 5.91 Å². The highest BCUT2D eigenvalue weighted by molar-refractivity contribution is 9.10. The lowest BCUT2D eigenvalue weighted by molar-refractivity contribution is -0.138. The molecule has 0 aliphatic heterocycles. The fourth-order valence-corrected chi connectivity index (χ4v) is 1.93. The Morgan fingerprint density at radius 3 is 2.30 bits per heavy atom. The summed E-state index contributed by atoms with van der Waals surface area (Å²) in [5.74, 6) is -0.542. The molecule has 7 heteroatoms. The minimum atomic E-state index is -4.51. The first kappa shape index (κ1) is 17.5. The zero-order valence-corrected chi connectivity index (χ0v) is 14.3. The number of amides is 1. The van der Waals surface area contributed by atoms with Gasteiger partial charge in [0, 0.05) is 20.4 Å². The van der Waals surface area contributed by atoms with Gasteiger partial charge in [-0.2, -0.15) is 13.2 Å². The summed E-state index contributed by atoms with van der Waals surface area (Å²) in [4.78, 5) is 12.0. The van der Waals surface area contributed by atoms with Crippen molar-refractivity contribution in [2.75, 3.05) is 0 Å². The molecule has 0 heterocycles. The molecule has 0 saturated carbocycles. The van der Waals surface area contributed by atoms with E-state index < -0.39 is 23.2 Å². The number of carbonyl (C=O) groups excluding carboxylic acids is 1. The van der Waals surface area contributed by atoms with Gasteiger partial charge in [0.1, 0.15) is 0 Å². The Labute approximate surface area is 132 Å². The van der Waals surface area contributed by atoms with E-state index in [1.807, 2.05) is 6.92 Å². The van der Waals surface area contributed by atoms with Crippen LogP contribution in [-0.2, 0) is 6.18 Å². The lowest BCUT2D eigenvalue weighted by atomic mass is 10.0. The predicted molar refractivity (Wildman–Crippen MR) is 79.1 cm³/mol. The van der Waals surface area contributed by atoms with E-state index in [-0.39, 0.29) is 14.9 Å². The maximum Gasteiger partial charge on any atom is 0.417 e. The fraction of sp³-hybridized carbons (Fsp3) is 0.462. The SMILES string of the molecule is CC(Br)C(C)(C)NC(=O)c1ccc(Br)c(C(F)(F)F)c1.